The monoisotopic (exact) mass is 472 g/mol. The van der Waals surface area contributed by atoms with E-state index in [1.54, 1.807) is 12.1 Å². The summed E-state index contributed by atoms with van der Waals surface area (Å²) >= 11 is 0. The molecule has 0 amide bonds. The summed E-state index contributed by atoms with van der Waals surface area (Å²) in [7, 11) is 0. The van der Waals surface area contributed by atoms with Crippen LogP contribution in [0.15, 0.2) is 29.0 Å². The first-order chi connectivity index (χ1) is 16.5. The molecule has 1 aromatic heterocycles. The summed E-state index contributed by atoms with van der Waals surface area (Å²) in [5.74, 6) is -0.432. The standard InChI is InChI=1S/C24H29FN4O5/c25-17-1-2-21(34-19-7-16(8-19)22(30)31)20(9-17)15-3-5-28(6-4-15)18-10-24(33-11-18)12-29(13-24)23-27-26-14-32-23/h1-2,9,14-16,18-19H,3-8,10-13H2,(H,30,31)/t16?,18-,19?/m0/s1. The van der Waals surface area contributed by atoms with Gasteiger partial charge in [0, 0.05) is 11.6 Å². The SMILES string of the molecule is O=C(O)C1CC(Oc2ccc(F)cc2C2CCN([C@@H]3COC4(C3)CN(c3nnco3)C4)CC2)C1. The highest BCUT2D eigenvalue weighted by Gasteiger charge is 2.52. The second kappa shape index (κ2) is 8.49. The molecule has 1 aromatic carbocycles. The summed E-state index contributed by atoms with van der Waals surface area (Å²) in [6.45, 7) is 4.14. The van der Waals surface area contributed by atoms with Crippen LogP contribution in [0.5, 0.6) is 5.75 Å². The smallest absolute Gasteiger partial charge is 0.318 e. The van der Waals surface area contributed by atoms with Crippen molar-refractivity contribution in [2.24, 2.45) is 5.92 Å². The average Bonchev–Trinajstić information content (AvgIpc) is 3.46. The molecule has 3 saturated heterocycles. The number of nitrogens with zero attached hydrogens (tertiary/aromatic N) is 4. The molecular weight excluding hydrogens is 443 g/mol. The summed E-state index contributed by atoms with van der Waals surface area (Å²) < 4.78 is 31.7. The Kier molecular flexibility index (Phi) is 5.44. The Labute approximate surface area is 196 Å². The minimum atomic E-state index is -0.770. The van der Waals surface area contributed by atoms with Crippen LogP contribution in [0, 0.1) is 11.7 Å². The van der Waals surface area contributed by atoms with Gasteiger partial charge in [-0.1, -0.05) is 5.10 Å². The lowest BCUT2D eigenvalue weighted by Crippen LogP contribution is -2.62. The number of hydrogen-bond donors (Lipinski definition) is 1. The highest BCUT2D eigenvalue weighted by atomic mass is 19.1. The van der Waals surface area contributed by atoms with E-state index in [4.69, 9.17) is 19.0 Å². The fourth-order valence-electron chi connectivity index (χ4n) is 5.93. The Morgan fingerprint density at radius 3 is 2.74 bits per heavy atom. The third-order valence-corrected chi connectivity index (χ3v) is 7.96. The number of aliphatic carboxylic acids is 1. The normalized spacial score (nSPS) is 29.1. The highest BCUT2D eigenvalue weighted by Crippen LogP contribution is 2.42. The minimum Gasteiger partial charge on any atom is -0.490 e. The van der Waals surface area contributed by atoms with Crippen molar-refractivity contribution in [1.29, 1.82) is 0 Å². The summed E-state index contributed by atoms with van der Waals surface area (Å²) in [5, 5.41) is 16.8. The first-order valence-corrected chi connectivity index (χ1v) is 12.1. The maximum Gasteiger partial charge on any atom is 0.318 e. The van der Waals surface area contributed by atoms with E-state index >= 15 is 0 Å². The number of ether oxygens (including phenoxy) is 2. The number of piperidine rings is 1. The largest absolute Gasteiger partial charge is 0.490 e. The number of aromatic nitrogens is 2. The van der Waals surface area contributed by atoms with Gasteiger partial charge in [0.2, 0.25) is 6.39 Å². The highest BCUT2D eigenvalue weighted by molar-refractivity contribution is 5.71. The Bertz CT molecular complexity index is 1030. The zero-order chi connectivity index (χ0) is 23.3. The lowest BCUT2D eigenvalue weighted by Gasteiger charge is -2.46. The maximum absolute atomic E-state index is 14.1. The van der Waals surface area contributed by atoms with E-state index in [1.807, 2.05) is 4.90 Å². The number of rotatable bonds is 6. The molecule has 1 spiro atoms. The van der Waals surface area contributed by atoms with Crippen LogP contribution >= 0.6 is 0 Å². The van der Waals surface area contributed by atoms with Crippen LogP contribution in [0.4, 0.5) is 10.4 Å². The number of carbonyl (C=O) groups is 1. The van der Waals surface area contributed by atoms with Crippen LogP contribution in [0.1, 0.15) is 43.6 Å². The second-order valence-corrected chi connectivity index (χ2v) is 10.2. The zero-order valence-electron chi connectivity index (χ0n) is 18.9. The molecule has 34 heavy (non-hydrogen) atoms. The Balaban J connectivity index is 1.04. The fourth-order valence-corrected chi connectivity index (χ4v) is 5.93. The van der Waals surface area contributed by atoms with Crippen LogP contribution in [0.2, 0.25) is 0 Å². The first-order valence-electron chi connectivity index (χ1n) is 12.1. The van der Waals surface area contributed by atoms with Gasteiger partial charge in [-0.2, -0.15) is 0 Å². The van der Waals surface area contributed by atoms with Crippen molar-refractivity contribution in [3.63, 3.8) is 0 Å². The van der Waals surface area contributed by atoms with Crippen molar-refractivity contribution in [3.05, 3.63) is 36.0 Å². The zero-order valence-corrected chi connectivity index (χ0v) is 18.9. The van der Waals surface area contributed by atoms with Crippen molar-refractivity contribution in [3.8, 4) is 5.75 Å². The Morgan fingerprint density at radius 1 is 1.24 bits per heavy atom. The number of carboxylic acid groups (broad SMARTS) is 1. The molecule has 2 aromatic rings. The molecule has 0 bridgehead atoms. The van der Waals surface area contributed by atoms with Crippen molar-refractivity contribution >= 4 is 12.0 Å². The van der Waals surface area contributed by atoms with Crippen molar-refractivity contribution < 1.29 is 28.2 Å². The molecule has 0 radical (unpaired) electrons. The topological polar surface area (TPSA) is 101 Å². The predicted molar refractivity (Wildman–Crippen MR) is 118 cm³/mol. The van der Waals surface area contributed by atoms with Gasteiger partial charge in [0.15, 0.2) is 0 Å². The lowest BCUT2D eigenvalue weighted by atomic mass is 9.82. The van der Waals surface area contributed by atoms with E-state index in [-0.39, 0.29) is 29.4 Å². The first kappa shape index (κ1) is 21.8. The molecule has 4 fully saturated rings. The average molecular weight is 473 g/mol. The number of carboxylic acids is 1. The van der Waals surface area contributed by atoms with Crippen molar-refractivity contribution in [2.45, 2.75) is 55.8 Å². The third kappa shape index (κ3) is 4.02. The van der Waals surface area contributed by atoms with Gasteiger partial charge in [0.25, 0.3) is 0 Å². The molecule has 1 atom stereocenters. The van der Waals surface area contributed by atoms with Crippen LogP contribution in [0.25, 0.3) is 0 Å². The third-order valence-electron chi connectivity index (χ3n) is 7.96. The van der Waals surface area contributed by atoms with Gasteiger partial charge < -0.3 is 23.9 Å². The van der Waals surface area contributed by atoms with E-state index in [0.717, 1.165) is 57.6 Å². The fraction of sp³-hybridized carbons (Fsp3) is 0.625. The molecule has 1 N–H and O–H groups in total. The van der Waals surface area contributed by atoms with Crippen LogP contribution in [-0.2, 0) is 9.53 Å². The number of halogens is 1. The van der Waals surface area contributed by atoms with Gasteiger partial charge in [-0.05, 0) is 69.3 Å². The number of benzene rings is 1. The number of likely N-dealkylation sites (tertiary alicyclic amines) is 1. The molecular formula is C24H29FN4O5. The second-order valence-electron chi connectivity index (χ2n) is 10.2. The van der Waals surface area contributed by atoms with Gasteiger partial charge in [-0.3, -0.25) is 9.69 Å². The van der Waals surface area contributed by atoms with Gasteiger partial charge in [-0.15, -0.1) is 5.10 Å². The van der Waals surface area contributed by atoms with E-state index in [9.17, 15) is 9.18 Å². The molecule has 9 nitrogen and oxygen atoms in total. The number of anilines is 1. The number of hydrogen-bond acceptors (Lipinski definition) is 8. The molecule has 4 heterocycles. The van der Waals surface area contributed by atoms with E-state index in [2.05, 4.69) is 15.1 Å². The van der Waals surface area contributed by atoms with Crippen molar-refractivity contribution in [1.82, 2.24) is 15.1 Å². The maximum atomic E-state index is 14.1. The molecule has 182 valence electrons. The summed E-state index contributed by atoms with van der Waals surface area (Å²) in [5.41, 5.74) is 0.780. The van der Waals surface area contributed by atoms with Gasteiger partial charge >= 0.3 is 12.0 Å². The summed E-state index contributed by atoms with van der Waals surface area (Å²) in [6.07, 6.45) is 5.11. The molecule has 1 saturated carbocycles. The summed E-state index contributed by atoms with van der Waals surface area (Å²) in [4.78, 5) is 15.6. The van der Waals surface area contributed by atoms with Gasteiger partial charge in [-0.25, -0.2) is 4.39 Å². The molecule has 3 aliphatic heterocycles. The Morgan fingerprint density at radius 2 is 2.03 bits per heavy atom. The molecule has 10 heteroatoms. The quantitative estimate of drug-likeness (QED) is 0.680. The molecule has 1 aliphatic carbocycles. The van der Waals surface area contributed by atoms with Crippen LogP contribution in [0.3, 0.4) is 0 Å². The van der Waals surface area contributed by atoms with Gasteiger partial charge in [0.05, 0.1) is 25.6 Å². The van der Waals surface area contributed by atoms with Crippen LogP contribution < -0.4 is 9.64 Å². The van der Waals surface area contributed by atoms with Crippen LogP contribution in [-0.4, -0.2) is 76.7 Å². The Hall–Kier alpha value is -2.72. The lowest BCUT2D eigenvalue weighted by molar-refractivity contribution is -0.147. The van der Waals surface area contributed by atoms with E-state index in [0.29, 0.717) is 30.6 Å². The van der Waals surface area contributed by atoms with E-state index < -0.39 is 5.97 Å². The molecule has 6 rings (SSSR count). The van der Waals surface area contributed by atoms with Crippen molar-refractivity contribution in [2.75, 3.05) is 37.7 Å². The van der Waals surface area contributed by atoms with Gasteiger partial charge in [0.1, 0.15) is 23.3 Å². The molecule has 4 aliphatic rings. The predicted octanol–water partition coefficient (Wildman–Crippen LogP) is 2.68. The molecule has 0 unspecified atom stereocenters. The van der Waals surface area contributed by atoms with E-state index in [1.165, 1.54) is 12.5 Å². The minimum absolute atomic E-state index is 0.105. The summed E-state index contributed by atoms with van der Waals surface area (Å²) in [6, 6.07) is 5.65.